The van der Waals surface area contributed by atoms with Crippen molar-refractivity contribution in [1.29, 1.82) is 0 Å². The molecule has 0 spiro atoms. The van der Waals surface area contributed by atoms with E-state index in [-0.39, 0.29) is 11.7 Å². The molecule has 0 radical (unpaired) electrons. The van der Waals surface area contributed by atoms with Gasteiger partial charge in [0.15, 0.2) is 0 Å². The summed E-state index contributed by atoms with van der Waals surface area (Å²) in [4.78, 5) is 10.3. The van der Waals surface area contributed by atoms with Crippen molar-refractivity contribution in [3.63, 3.8) is 0 Å². The highest BCUT2D eigenvalue weighted by atomic mass is 32.2. The molecule has 4 nitrogen and oxygen atoms in total. The third kappa shape index (κ3) is 6.72. The van der Waals surface area contributed by atoms with Crippen LogP contribution in [0.4, 0.5) is 0 Å². The Labute approximate surface area is 80.7 Å². The van der Waals surface area contributed by atoms with E-state index in [4.69, 9.17) is 9.84 Å². The van der Waals surface area contributed by atoms with Gasteiger partial charge in [-0.1, -0.05) is 6.92 Å². The zero-order valence-corrected chi connectivity index (χ0v) is 8.80. The summed E-state index contributed by atoms with van der Waals surface area (Å²) in [5.41, 5.74) is 0. The molecule has 0 rings (SSSR count). The Bertz CT molecular complexity index is 181. The fraction of sp³-hybridized carbons (Fsp3) is 0.875. The van der Waals surface area contributed by atoms with E-state index in [0.717, 1.165) is 0 Å². The Kier molecular flexibility index (Phi) is 6.80. The maximum absolute atomic E-state index is 11.3. The second-order valence-corrected chi connectivity index (χ2v) is 4.81. The quantitative estimate of drug-likeness (QED) is 0.623. The minimum absolute atomic E-state index is 0.0282. The number of hydrogen-bond acceptors (Lipinski definition) is 3. The van der Waals surface area contributed by atoms with E-state index in [0.29, 0.717) is 18.8 Å². The van der Waals surface area contributed by atoms with Crippen LogP contribution in [-0.2, 0) is 20.3 Å². The highest BCUT2D eigenvalue weighted by Crippen LogP contribution is 2.03. The summed E-state index contributed by atoms with van der Waals surface area (Å²) in [6, 6.07) is 0. The van der Waals surface area contributed by atoms with E-state index in [9.17, 15) is 9.00 Å². The zero-order chi connectivity index (χ0) is 10.3. The van der Waals surface area contributed by atoms with Crippen LogP contribution in [0.15, 0.2) is 0 Å². The standard InChI is InChI=1S/C8H16O4S/c1-7(6-8(9)10)13(11)5-3-4-12-2/h7H,3-6H2,1-2H3,(H,9,10). The first-order valence-corrected chi connectivity index (χ1v) is 5.54. The monoisotopic (exact) mass is 208 g/mol. The molecule has 0 aliphatic carbocycles. The van der Waals surface area contributed by atoms with E-state index in [1.54, 1.807) is 14.0 Å². The fourth-order valence-electron chi connectivity index (χ4n) is 0.886. The summed E-state index contributed by atoms with van der Waals surface area (Å²) in [6.07, 6.45) is 0.687. The molecule has 5 heteroatoms. The lowest BCUT2D eigenvalue weighted by molar-refractivity contribution is -0.136. The van der Waals surface area contributed by atoms with Crippen molar-refractivity contribution in [1.82, 2.24) is 0 Å². The minimum atomic E-state index is -1.05. The second kappa shape index (κ2) is 7.03. The van der Waals surface area contributed by atoms with Gasteiger partial charge in [0.1, 0.15) is 0 Å². The van der Waals surface area contributed by atoms with Gasteiger partial charge in [-0.25, -0.2) is 0 Å². The van der Waals surface area contributed by atoms with E-state index in [2.05, 4.69) is 0 Å². The van der Waals surface area contributed by atoms with Crippen molar-refractivity contribution < 1.29 is 18.8 Å². The van der Waals surface area contributed by atoms with Gasteiger partial charge in [0.05, 0.1) is 6.42 Å². The Balaban J connectivity index is 3.63. The number of carbonyl (C=O) groups is 1. The summed E-state index contributed by atoms with van der Waals surface area (Å²) < 4.78 is 16.1. The molecule has 0 amide bonds. The molecule has 0 saturated carbocycles. The van der Waals surface area contributed by atoms with Crippen LogP contribution in [0.3, 0.4) is 0 Å². The number of rotatable bonds is 7. The molecule has 0 aromatic heterocycles. The summed E-state index contributed by atoms with van der Waals surface area (Å²) in [7, 11) is 0.539. The van der Waals surface area contributed by atoms with Crippen molar-refractivity contribution >= 4 is 16.8 Å². The second-order valence-electron chi connectivity index (χ2n) is 2.84. The predicted molar refractivity (Wildman–Crippen MR) is 51.2 cm³/mol. The van der Waals surface area contributed by atoms with Gasteiger partial charge in [0.2, 0.25) is 0 Å². The molecule has 0 aliphatic heterocycles. The highest BCUT2D eigenvalue weighted by Gasteiger charge is 2.13. The van der Waals surface area contributed by atoms with Crippen LogP contribution in [0.2, 0.25) is 0 Å². The lowest BCUT2D eigenvalue weighted by Gasteiger charge is -2.07. The average Bonchev–Trinajstić information content (AvgIpc) is 2.03. The van der Waals surface area contributed by atoms with Gasteiger partial charge in [0.25, 0.3) is 0 Å². The molecular weight excluding hydrogens is 192 g/mol. The molecule has 1 N–H and O–H groups in total. The number of aliphatic carboxylic acids is 1. The topological polar surface area (TPSA) is 63.6 Å². The van der Waals surface area contributed by atoms with Crippen molar-refractivity contribution in [3.05, 3.63) is 0 Å². The van der Waals surface area contributed by atoms with Crippen LogP contribution >= 0.6 is 0 Å². The molecule has 2 atom stereocenters. The zero-order valence-electron chi connectivity index (χ0n) is 7.99. The third-order valence-corrected chi connectivity index (χ3v) is 3.36. The van der Waals surface area contributed by atoms with E-state index >= 15 is 0 Å². The molecule has 0 saturated heterocycles. The molecule has 0 heterocycles. The van der Waals surface area contributed by atoms with Crippen LogP contribution in [0.5, 0.6) is 0 Å². The molecule has 13 heavy (non-hydrogen) atoms. The number of hydrogen-bond donors (Lipinski definition) is 1. The van der Waals surface area contributed by atoms with Crippen LogP contribution in [-0.4, -0.2) is 40.0 Å². The van der Waals surface area contributed by atoms with E-state index in [1.165, 1.54) is 0 Å². The summed E-state index contributed by atoms with van der Waals surface area (Å²) in [5.74, 6) is -0.380. The number of carboxylic acids is 1. The Morgan fingerprint density at radius 1 is 1.62 bits per heavy atom. The minimum Gasteiger partial charge on any atom is -0.481 e. The van der Waals surface area contributed by atoms with Crippen LogP contribution in [0.25, 0.3) is 0 Å². The first kappa shape index (κ1) is 12.6. The maximum Gasteiger partial charge on any atom is 0.304 e. The summed E-state index contributed by atoms with van der Waals surface area (Å²) in [6.45, 7) is 2.27. The van der Waals surface area contributed by atoms with Gasteiger partial charge in [-0.15, -0.1) is 0 Å². The van der Waals surface area contributed by atoms with E-state index in [1.807, 2.05) is 0 Å². The number of ether oxygens (including phenoxy) is 1. The highest BCUT2D eigenvalue weighted by molar-refractivity contribution is 7.85. The van der Waals surface area contributed by atoms with Gasteiger partial charge in [-0.3, -0.25) is 9.00 Å². The van der Waals surface area contributed by atoms with E-state index < -0.39 is 16.8 Å². The van der Waals surface area contributed by atoms with Gasteiger partial charge in [-0.05, 0) is 6.42 Å². The summed E-state index contributed by atoms with van der Waals surface area (Å²) >= 11 is 0. The fourth-order valence-corrected chi connectivity index (χ4v) is 2.02. The Hall–Kier alpha value is -0.420. The number of methoxy groups -OCH3 is 1. The van der Waals surface area contributed by atoms with Crippen molar-refractivity contribution in [2.75, 3.05) is 19.5 Å². The first-order chi connectivity index (χ1) is 6.07. The lowest BCUT2D eigenvalue weighted by Crippen LogP contribution is -2.18. The lowest BCUT2D eigenvalue weighted by atomic mass is 10.3. The molecule has 0 aliphatic rings. The molecule has 0 fully saturated rings. The Morgan fingerprint density at radius 2 is 2.23 bits per heavy atom. The van der Waals surface area contributed by atoms with Gasteiger partial charge in [-0.2, -0.15) is 0 Å². The van der Waals surface area contributed by atoms with Gasteiger partial charge >= 0.3 is 5.97 Å². The largest absolute Gasteiger partial charge is 0.481 e. The van der Waals surface area contributed by atoms with Gasteiger partial charge < -0.3 is 9.84 Å². The maximum atomic E-state index is 11.3. The molecule has 2 unspecified atom stereocenters. The molecule has 0 aromatic rings. The number of carboxylic acid groups (broad SMARTS) is 1. The third-order valence-electron chi connectivity index (χ3n) is 1.60. The normalized spacial score (nSPS) is 15.2. The molecule has 0 aromatic carbocycles. The van der Waals surface area contributed by atoms with Crippen LogP contribution < -0.4 is 0 Å². The Morgan fingerprint density at radius 3 is 2.69 bits per heavy atom. The SMILES string of the molecule is COCCCS(=O)C(C)CC(=O)O. The van der Waals surface area contributed by atoms with Gasteiger partial charge in [0, 0.05) is 35.5 Å². The van der Waals surface area contributed by atoms with Crippen LogP contribution in [0, 0.1) is 0 Å². The van der Waals surface area contributed by atoms with Crippen LogP contribution in [0.1, 0.15) is 19.8 Å². The van der Waals surface area contributed by atoms with Crippen molar-refractivity contribution in [2.45, 2.75) is 25.0 Å². The van der Waals surface area contributed by atoms with Crippen molar-refractivity contribution in [2.24, 2.45) is 0 Å². The smallest absolute Gasteiger partial charge is 0.304 e. The van der Waals surface area contributed by atoms with Crippen molar-refractivity contribution in [3.8, 4) is 0 Å². The average molecular weight is 208 g/mol. The molecular formula is C8H16O4S. The predicted octanol–water partition coefficient (Wildman–Crippen LogP) is 0.635. The molecule has 0 bridgehead atoms. The molecule has 78 valence electrons. The summed E-state index contributed by atoms with van der Waals surface area (Å²) in [5, 5.41) is 8.18. The first-order valence-electron chi connectivity index (χ1n) is 4.15.